The van der Waals surface area contributed by atoms with Crippen LogP contribution >= 0.6 is 0 Å². The van der Waals surface area contributed by atoms with Crippen LogP contribution in [0.5, 0.6) is 0 Å². The Labute approximate surface area is 146 Å². The van der Waals surface area contributed by atoms with Gasteiger partial charge in [0.05, 0.1) is 0 Å². The Balaban J connectivity index is 1.61. The van der Waals surface area contributed by atoms with Crippen molar-refractivity contribution in [1.82, 2.24) is 20.1 Å². The Kier molecular flexibility index (Phi) is 4.74. The van der Waals surface area contributed by atoms with E-state index >= 15 is 0 Å². The summed E-state index contributed by atoms with van der Waals surface area (Å²) in [6, 6.07) is 6.22. The molecule has 6 nitrogen and oxygen atoms in total. The highest BCUT2D eigenvalue weighted by molar-refractivity contribution is 5.68. The first-order valence-corrected chi connectivity index (χ1v) is 8.48. The quantitative estimate of drug-likeness (QED) is 0.899. The maximum absolute atomic E-state index is 13.3. The number of hydrogen-bond acceptors (Lipinski definition) is 4. The molecule has 0 unspecified atom stereocenters. The number of likely N-dealkylation sites (tertiary alicyclic amines) is 1. The molecular weight excluding hydrogens is 323 g/mol. The molecule has 1 saturated heterocycles. The minimum atomic E-state index is -0.487. The number of nitrogens with zero attached hydrogens (tertiary/aromatic N) is 3. The normalized spacial score (nSPS) is 16.1. The zero-order chi connectivity index (χ0) is 18.0. The van der Waals surface area contributed by atoms with E-state index in [4.69, 9.17) is 4.74 Å². The number of nitrogens with one attached hydrogen (secondary N) is 1. The number of ether oxygens (including phenoxy) is 1. The van der Waals surface area contributed by atoms with Gasteiger partial charge in [-0.2, -0.15) is 5.10 Å². The van der Waals surface area contributed by atoms with Gasteiger partial charge < -0.3 is 9.64 Å². The van der Waals surface area contributed by atoms with E-state index in [-0.39, 0.29) is 17.8 Å². The maximum Gasteiger partial charge on any atom is 0.410 e. The number of H-pyrrole nitrogens is 1. The number of rotatable bonds is 2. The number of amides is 1. The Morgan fingerprint density at radius 2 is 2.04 bits per heavy atom. The molecule has 2 heterocycles. The Hall–Kier alpha value is -2.44. The van der Waals surface area contributed by atoms with E-state index in [9.17, 15) is 9.18 Å². The van der Waals surface area contributed by atoms with E-state index in [2.05, 4.69) is 15.2 Å². The van der Waals surface area contributed by atoms with E-state index in [0.29, 0.717) is 24.5 Å². The molecule has 25 heavy (non-hydrogen) atoms. The molecule has 1 aromatic carbocycles. The smallest absolute Gasteiger partial charge is 0.410 e. The highest BCUT2D eigenvalue weighted by Gasteiger charge is 2.29. The first-order valence-electron chi connectivity index (χ1n) is 8.48. The van der Waals surface area contributed by atoms with Crippen LogP contribution in [0.1, 0.15) is 45.4 Å². The van der Waals surface area contributed by atoms with Crippen LogP contribution in [0.15, 0.2) is 24.3 Å². The number of carbonyl (C=O) groups is 1. The summed E-state index contributed by atoms with van der Waals surface area (Å²) < 4.78 is 18.7. The van der Waals surface area contributed by atoms with Crippen LogP contribution in [-0.2, 0) is 4.74 Å². The fraction of sp³-hybridized carbons (Fsp3) is 0.500. The predicted molar refractivity (Wildman–Crippen MR) is 91.6 cm³/mol. The SMILES string of the molecule is CC(C)(C)OC(=O)N1CCC(c2nc(-c3cccc(F)c3)n[nH]2)CC1. The van der Waals surface area contributed by atoms with E-state index in [1.54, 1.807) is 17.0 Å². The summed E-state index contributed by atoms with van der Waals surface area (Å²) in [6.07, 6.45) is 1.30. The topological polar surface area (TPSA) is 71.1 Å². The second-order valence-corrected chi connectivity index (χ2v) is 7.30. The van der Waals surface area contributed by atoms with Crippen LogP contribution in [0.3, 0.4) is 0 Å². The van der Waals surface area contributed by atoms with Gasteiger partial charge in [0, 0.05) is 24.6 Å². The first kappa shape index (κ1) is 17.4. The third-order valence-corrected chi connectivity index (χ3v) is 4.12. The van der Waals surface area contributed by atoms with Gasteiger partial charge in [-0.15, -0.1) is 0 Å². The largest absolute Gasteiger partial charge is 0.444 e. The van der Waals surface area contributed by atoms with E-state index in [1.165, 1.54) is 12.1 Å². The average molecular weight is 346 g/mol. The van der Waals surface area contributed by atoms with Crippen LogP contribution < -0.4 is 0 Å². The highest BCUT2D eigenvalue weighted by atomic mass is 19.1. The number of aromatic amines is 1. The second-order valence-electron chi connectivity index (χ2n) is 7.30. The summed E-state index contributed by atoms with van der Waals surface area (Å²) in [5.74, 6) is 1.16. The molecule has 3 rings (SSSR count). The first-order chi connectivity index (χ1) is 11.8. The molecule has 1 aliphatic rings. The highest BCUT2D eigenvalue weighted by Crippen LogP contribution is 2.28. The molecule has 1 aromatic heterocycles. The summed E-state index contributed by atoms with van der Waals surface area (Å²) in [4.78, 5) is 18.3. The summed E-state index contributed by atoms with van der Waals surface area (Å²) in [5.41, 5.74) is 0.160. The minimum Gasteiger partial charge on any atom is -0.444 e. The van der Waals surface area contributed by atoms with Crippen molar-refractivity contribution in [3.05, 3.63) is 35.9 Å². The fourth-order valence-electron chi connectivity index (χ4n) is 2.88. The van der Waals surface area contributed by atoms with Crippen LogP contribution in [0, 0.1) is 5.82 Å². The lowest BCUT2D eigenvalue weighted by atomic mass is 9.96. The van der Waals surface area contributed by atoms with Crippen LogP contribution in [0.25, 0.3) is 11.4 Å². The van der Waals surface area contributed by atoms with Crippen LogP contribution in [-0.4, -0.2) is 44.9 Å². The Morgan fingerprint density at radius 3 is 2.68 bits per heavy atom. The van der Waals surface area contributed by atoms with Gasteiger partial charge in [-0.1, -0.05) is 12.1 Å². The van der Waals surface area contributed by atoms with E-state index in [0.717, 1.165) is 18.7 Å². The van der Waals surface area contributed by atoms with Gasteiger partial charge in [0.15, 0.2) is 5.82 Å². The predicted octanol–water partition coefficient (Wildman–Crippen LogP) is 3.73. The molecule has 7 heteroatoms. The van der Waals surface area contributed by atoms with Crippen molar-refractivity contribution in [3.63, 3.8) is 0 Å². The summed E-state index contributed by atoms with van der Waals surface area (Å²) in [7, 11) is 0. The van der Waals surface area contributed by atoms with Crippen molar-refractivity contribution in [2.24, 2.45) is 0 Å². The van der Waals surface area contributed by atoms with Gasteiger partial charge in [-0.3, -0.25) is 5.10 Å². The lowest BCUT2D eigenvalue weighted by Crippen LogP contribution is -2.41. The van der Waals surface area contributed by atoms with Crippen molar-refractivity contribution in [1.29, 1.82) is 0 Å². The average Bonchev–Trinajstić information content (AvgIpc) is 3.03. The third kappa shape index (κ3) is 4.35. The number of piperidine rings is 1. The molecule has 134 valence electrons. The lowest BCUT2D eigenvalue weighted by molar-refractivity contribution is 0.0203. The van der Waals surface area contributed by atoms with Crippen molar-refractivity contribution in [2.75, 3.05) is 13.1 Å². The van der Waals surface area contributed by atoms with Crippen molar-refractivity contribution >= 4 is 6.09 Å². The molecule has 0 aliphatic carbocycles. The minimum absolute atomic E-state index is 0.202. The number of aromatic nitrogens is 3. The third-order valence-electron chi connectivity index (χ3n) is 4.12. The summed E-state index contributed by atoms with van der Waals surface area (Å²) >= 11 is 0. The van der Waals surface area contributed by atoms with Crippen LogP contribution in [0.2, 0.25) is 0 Å². The Morgan fingerprint density at radius 1 is 1.32 bits per heavy atom. The molecule has 1 fully saturated rings. The number of halogens is 1. The molecule has 1 aliphatic heterocycles. The van der Waals surface area contributed by atoms with Gasteiger partial charge in [-0.25, -0.2) is 14.2 Å². The van der Waals surface area contributed by atoms with Crippen molar-refractivity contribution in [2.45, 2.75) is 45.1 Å². The van der Waals surface area contributed by atoms with Crippen molar-refractivity contribution < 1.29 is 13.9 Å². The number of carbonyl (C=O) groups excluding carboxylic acids is 1. The molecule has 0 bridgehead atoms. The molecule has 0 atom stereocenters. The van der Waals surface area contributed by atoms with Gasteiger partial charge in [0.2, 0.25) is 0 Å². The van der Waals surface area contributed by atoms with Gasteiger partial charge >= 0.3 is 6.09 Å². The molecule has 1 N–H and O–H groups in total. The van der Waals surface area contributed by atoms with Crippen molar-refractivity contribution in [3.8, 4) is 11.4 Å². The monoisotopic (exact) mass is 346 g/mol. The van der Waals surface area contributed by atoms with E-state index < -0.39 is 5.60 Å². The Bertz CT molecular complexity index is 746. The van der Waals surface area contributed by atoms with Gasteiger partial charge in [0.1, 0.15) is 17.2 Å². The molecule has 0 spiro atoms. The second kappa shape index (κ2) is 6.82. The zero-order valence-electron chi connectivity index (χ0n) is 14.8. The fourth-order valence-corrected chi connectivity index (χ4v) is 2.88. The van der Waals surface area contributed by atoms with Gasteiger partial charge in [0.25, 0.3) is 0 Å². The molecule has 2 aromatic rings. The maximum atomic E-state index is 13.3. The summed E-state index contributed by atoms with van der Waals surface area (Å²) in [5, 5.41) is 7.15. The van der Waals surface area contributed by atoms with Crippen LogP contribution in [0.4, 0.5) is 9.18 Å². The summed E-state index contributed by atoms with van der Waals surface area (Å²) in [6.45, 7) is 6.82. The number of hydrogen-bond donors (Lipinski definition) is 1. The lowest BCUT2D eigenvalue weighted by Gasteiger charge is -2.32. The molecule has 0 radical (unpaired) electrons. The number of benzene rings is 1. The van der Waals surface area contributed by atoms with E-state index in [1.807, 2.05) is 20.8 Å². The van der Waals surface area contributed by atoms with Gasteiger partial charge in [-0.05, 0) is 45.7 Å². The molecular formula is C18H23FN4O2. The standard InChI is InChI=1S/C18H23FN4O2/c1-18(2,3)25-17(24)23-9-7-12(8-10-23)15-20-16(22-21-15)13-5-4-6-14(19)11-13/h4-6,11-12H,7-10H2,1-3H3,(H,20,21,22). The molecule has 0 saturated carbocycles. The zero-order valence-corrected chi connectivity index (χ0v) is 14.8. The molecule has 1 amide bonds.